The summed E-state index contributed by atoms with van der Waals surface area (Å²) in [4.78, 5) is 0.0480. The molecule has 0 heterocycles. The van der Waals surface area contributed by atoms with Crippen molar-refractivity contribution in [3.05, 3.63) is 119 Å². The molecule has 1 aliphatic carbocycles. The van der Waals surface area contributed by atoms with Crippen molar-refractivity contribution in [1.29, 1.82) is 0 Å². The van der Waals surface area contributed by atoms with Crippen molar-refractivity contribution in [2.24, 2.45) is 0 Å². The molecule has 1 aliphatic rings. The first-order valence-corrected chi connectivity index (χ1v) is 18.1. The lowest BCUT2D eigenvalue weighted by Gasteiger charge is -2.41. The molecule has 0 spiro atoms. The van der Waals surface area contributed by atoms with E-state index in [0.29, 0.717) is 18.4 Å². The van der Waals surface area contributed by atoms with Crippen LogP contribution in [0, 0.1) is 0 Å². The molecule has 0 saturated heterocycles. The molecule has 50 heavy (non-hydrogen) atoms. The maximum atomic E-state index is 14.7. The van der Waals surface area contributed by atoms with Gasteiger partial charge in [0.1, 0.15) is 22.8 Å². The fourth-order valence-corrected chi connectivity index (χ4v) is 7.89. The zero-order chi connectivity index (χ0) is 36.8. The molecular weight excluding hydrogens is 678 g/mol. The Morgan fingerprint density at radius 1 is 0.700 bits per heavy atom. The maximum Gasteiger partial charge on any atom is 0.411 e. The van der Waals surface area contributed by atoms with Crippen molar-refractivity contribution < 1.29 is 44.2 Å². The summed E-state index contributed by atoms with van der Waals surface area (Å²) in [5.41, 5.74) is -3.82. The third kappa shape index (κ3) is 6.85. The van der Waals surface area contributed by atoms with Crippen molar-refractivity contribution in [3.8, 4) is 17.2 Å². The van der Waals surface area contributed by atoms with Crippen LogP contribution in [0.15, 0.2) is 95.9 Å². The van der Waals surface area contributed by atoms with E-state index in [1.54, 1.807) is 0 Å². The Morgan fingerprint density at radius 2 is 1.18 bits per heavy atom. The van der Waals surface area contributed by atoms with Crippen molar-refractivity contribution in [3.63, 3.8) is 0 Å². The lowest BCUT2D eigenvalue weighted by Crippen LogP contribution is -2.54. The number of hydrogen-bond acceptors (Lipinski definition) is 4. The van der Waals surface area contributed by atoms with Crippen LogP contribution in [0.4, 0.5) is 26.3 Å². The monoisotopic (exact) mass is 718 g/mol. The van der Waals surface area contributed by atoms with Gasteiger partial charge in [-0.05, 0) is 114 Å². The molecule has 0 aromatic heterocycles. The summed E-state index contributed by atoms with van der Waals surface area (Å²) in [6.45, 7) is 9.88. The Labute approximate surface area is 289 Å². The number of benzene rings is 4. The highest BCUT2D eigenvalue weighted by atomic mass is 32.2. The van der Waals surface area contributed by atoms with Gasteiger partial charge in [-0.1, -0.05) is 70.2 Å². The van der Waals surface area contributed by atoms with Crippen LogP contribution in [0.3, 0.4) is 0 Å². The number of sulfone groups is 1. The SMILES string of the molecule is CCC(C)(CC)Oc1ccc(C(c2ccc(Oc3ccc(S(=O)(=O)Cc4ccc5c(c4)CC5(C)CC)cc3)cc2)(C(F)(F)F)C(F)(F)F)cc1. The molecule has 268 valence electrons. The van der Waals surface area contributed by atoms with Crippen LogP contribution in [0.5, 0.6) is 17.2 Å². The maximum absolute atomic E-state index is 14.7. The minimum atomic E-state index is -5.75. The third-order valence-corrected chi connectivity index (χ3v) is 11.9. The molecule has 11 heteroatoms. The normalized spacial score (nSPS) is 16.8. The molecule has 5 rings (SSSR count). The standard InChI is InChI=1S/C39H40F6O4S/c1-6-35(4)24-27-23-26(9-22-34(27)35)25-50(46,47)33-20-18-31(19-21-33)48-30-14-10-28(11-15-30)37(38(40,41)42,39(43,44)45)29-12-16-32(17-13-29)49-36(5,7-2)8-3/h9-23H,6-8,24-25H2,1-5H3. The molecule has 1 atom stereocenters. The molecule has 0 bridgehead atoms. The Hall–Kier alpha value is -3.99. The van der Waals surface area contributed by atoms with Crippen LogP contribution in [0.25, 0.3) is 0 Å². The molecule has 1 unspecified atom stereocenters. The molecule has 0 N–H and O–H groups in total. The molecule has 0 amide bonds. The first kappa shape index (κ1) is 37.3. The fourth-order valence-electron chi connectivity index (χ4n) is 6.56. The lowest BCUT2D eigenvalue weighted by molar-refractivity contribution is -0.288. The van der Waals surface area contributed by atoms with Gasteiger partial charge in [-0.3, -0.25) is 0 Å². The summed E-state index contributed by atoms with van der Waals surface area (Å²) in [5, 5.41) is 0. The van der Waals surface area contributed by atoms with E-state index in [4.69, 9.17) is 9.47 Å². The first-order valence-electron chi connectivity index (χ1n) is 16.5. The molecule has 0 fully saturated rings. The van der Waals surface area contributed by atoms with E-state index in [-0.39, 0.29) is 33.3 Å². The number of ether oxygens (including phenoxy) is 2. The minimum Gasteiger partial charge on any atom is -0.488 e. The van der Waals surface area contributed by atoms with Gasteiger partial charge in [0.2, 0.25) is 5.41 Å². The van der Waals surface area contributed by atoms with Gasteiger partial charge in [0.05, 0.1) is 10.6 Å². The highest BCUT2D eigenvalue weighted by molar-refractivity contribution is 7.90. The van der Waals surface area contributed by atoms with Gasteiger partial charge in [-0.2, -0.15) is 26.3 Å². The summed E-state index contributed by atoms with van der Waals surface area (Å²) in [5.74, 6) is 0.0766. The van der Waals surface area contributed by atoms with Crippen molar-refractivity contribution >= 4 is 9.84 Å². The quantitative estimate of drug-likeness (QED) is 0.137. The average Bonchev–Trinajstić information content (AvgIpc) is 3.05. The van der Waals surface area contributed by atoms with Gasteiger partial charge in [-0.25, -0.2) is 8.42 Å². The number of halogens is 6. The lowest BCUT2D eigenvalue weighted by atomic mass is 9.63. The predicted octanol–water partition coefficient (Wildman–Crippen LogP) is 11.0. The van der Waals surface area contributed by atoms with Crippen molar-refractivity contribution in [2.75, 3.05) is 0 Å². The van der Waals surface area contributed by atoms with Gasteiger partial charge in [-0.15, -0.1) is 0 Å². The van der Waals surface area contributed by atoms with Crippen molar-refractivity contribution in [1.82, 2.24) is 0 Å². The molecule has 4 aromatic carbocycles. The first-order chi connectivity index (χ1) is 23.3. The number of hydrogen-bond donors (Lipinski definition) is 0. The van der Waals surface area contributed by atoms with Crippen LogP contribution < -0.4 is 9.47 Å². The number of rotatable bonds is 12. The third-order valence-electron chi connectivity index (χ3n) is 10.2. The average molecular weight is 719 g/mol. The Bertz CT molecular complexity index is 1900. The summed E-state index contributed by atoms with van der Waals surface area (Å²) in [6.07, 6.45) is -8.43. The van der Waals surface area contributed by atoms with Crippen molar-refractivity contribution in [2.45, 2.75) is 99.7 Å². The van der Waals surface area contributed by atoms with E-state index in [1.165, 1.54) is 29.8 Å². The van der Waals surface area contributed by atoms with Crippen LogP contribution in [-0.4, -0.2) is 26.4 Å². The summed E-state index contributed by atoms with van der Waals surface area (Å²) in [6, 6.07) is 18.6. The smallest absolute Gasteiger partial charge is 0.411 e. The molecule has 4 nitrogen and oxygen atoms in total. The minimum absolute atomic E-state index is 0.0362. The second-order valence-electron chi connectivity index (χ2n) is 13.5. The van der Waals surface area contributed by atoms with E-state index in [2.05, 4.69) is 13.8 Å². The van der Waals surface area contributed by atoms with Crippen LogP contribution in [0.1, 0.15) is 81.7 Å². The highest BCUT2D eigenvalue weighted by Crippen LogP contribution is 2.56. The second-order valence-corrected chi connectivity index (χ2v) is 15.5. The number of alkyl halides is 6. The van der Waals surface area contributed by atoms with Gasteiger partial charge < -0.3 is 9.47 Å². The van der Waals surface area contributed by atoms with Gasteiger partial charge in [0.15, 0.2) is 9.84 Å². The van der Waals surface area contributed by atoms with E-state index in [9.17, 15) is 34.8 Å². The topological polar surface area (TPSA) is 52.6 Å². The Balaban J connectivity index is 1.36. The Kier molecular flexibility index (Phi) is 9.90. The summed E-state index contributed by atoms with van der Waals surface area (Å²) >= 11 is 0. The van der Waals surface area contributed by atoms with Gasteiger partial charge in [0.25, 0.3) is 0 Å². The summed E-state index contributed by atoms with van der Waals surface area (Å²) < 4.78 is 126. The van der Waals surface area contributed by atoms with E-state index in [0.717, 1.165) is 66.9 Å². The van der Waals surface area contributed by atoms with Crippen LogP contribution >= 0.6 is 0 Å². The van der Waals surface area contributed by atoms with Gasteiger partial charge >= 0.3 is 12.4 Å². The van der Waals surface area contributed by atoms with E-state index in [1.807, 2.05) is 39.0 Å². The van der Waals surface area contributed by atoms with Crippen LogP contribution in [0.2, 0.25) is 0 Å². The molecule has 0 saturated carbocycles. The molecule has 0 aliphatic heterocycles. The fraction of sp³-hybridized carbons (Fsp3) is 0.385. The predicted molar refractivity (Wildman–Crippen MR) is 181 cm³/mol. The van der Waals surface area contributed by atoms with E-state index < -0.39 is 44.3 Å². The number of fused-ring (bicyclic) bond motifs is 1. The molecule has 4 aromatic rings. The second kappa shape index (κ2) is 13.3. The van der Waals surface area contributed by atoms with Gasteiger partial charge in [0, 0.05) is 0 Å². The Morgan fingerprint density at radius 3 is 1.62 bits per heavy atom. The zero-order valence-electron chi connectivity index (χ0n) is 28.5. The summed E-state index contributed by atoms with van der Waals surface area (Å²) in [7, 11) is -3.71. The zero-order valence-corrected chi connectivity index (χ0v) is 29.3. The molecular formula is C39H40F6O4S. The van der Waals surface area contributed by atoms with Crippen LogP contribution in [-0.2, 0) is 32.8 Å². The largest absolute Gasteiger partial charge is 0.488 e. The highest BCUT2D eigenvalue weighted by Gasteiger charge is 2.72. The van der Waals surface area contributed by atoms with E-state index >= 15 is 0 Å². The molecule has 0 radical (unpaired) electrons.